The highest BCUT2D eigenvalue weighted by molar-refractivity contribution is 5.76. The second-order valence-electron chi connectivity index (χ2n) is 21.8. The van der Waals surface area contributed by atoms with Crippen LogP contribution in [0.25, 0.3) is 0 Å². The monoisotopic (exact) mass is 1090 g/mol. The number of aliphatic hydroxyl groups excluding tert-OH is 8. The van der Waals surface area contributed by atoms with Crippen molar-refractivity contribution in [2.24, 2.45) is 0 Å². The lowest BCUT2D eigenvalue weighted by atomic mass is 9.97. The molecular weight excluding hydrogens is 979 g/mol. The van der Waals surface area contributed by atoms with Gasteiger partial charge in [-0.05, 0) is 77.0 Å². The number of hydrogen-bond donors (Lipinski definition) is 9. The summed E-state index contributed by atoms with van der Waals surface area (Å²) in [6.45, 7) is 2.76. The summed E-state index contributed by atoms with van der Waals surface area (Å²) in [5.74, 6) is -0.254. The average molecular weight is 1090 g/mol. The van der Waals surface area contributed by atoms with Crippen molar-refractivity contribution >= 4 is 5.91 Å². The Morgan fingerprint density at radius 1 is 0.468 bits per heavy atom. The van der Waals surface area contributed by atoms with Gasteiger partial charge >= 0.3 is 0 Å². The van der Waals surface area contributed by atoms with Gasteiger partial charge in [-0.2, -0.15) is 0 Å². The Morgan fingerprint density at radius 2 is 0.870 bits per heavy atom. The van der Waals surface area contributed by atoms with Crippen molar-refractivity contribution in [3.63, 3.8) is 0 Å². The van der Waals surface area contributed by atoms with Crippen LogP contribution in [0.3, 0.4) is 0 Å². The van der Waals surface area contributed by atoms with Gasteiger partial charge in [-0.1, -0.05) is 216 Å². The lowest BCUT2D eigenvalue weighted by Gasteiger charge is -2.46. The molecule has 12 unspecified atom stereocenters. The minimum Gasteiger partial charge on any atom is -0.394 e. The van der Waals surface area contributed by atoms with Crippen LogP contribution < -0.4 is 5.32 Å². The van der Waals surface area contributed by atoms with E-state index in [1.165, 1.54) is 154 Å². The van der Waals surface area contributed by atoms with E-state index in [2.05, 4.69) is 67.8 Å². The number of unbranched alkanes of at least 4 members (excludes halogenated alkanes) is 28. The summed E-state index contributed by atoms with van der Waals surface area (Å²) < 4.78 is 22.8. The summed E-state index contributed by atoms with van der Waals surface area (Å²) in [6.07, 6.45) is 45.5. The largest absolute Gasteiger partial charge is 0.394 e. The molecule has 2 fully saturated rings. The summed E-state index contributed by atoms with van der Waals surface area (Å²) in [7, 11) is 0. The molecule has 0 aromatic heterocycles. The Kier molecular flexibility index (Phi) is 44.5. The number of aliphatic hydroxyl groups is 8. The van der Waals surface area contributed by atoms with E-state index in [4.69, 9.17) is 18.9 Å². The SMILES string of the molecule is CCCCCCC/C=C\C/C=C\CCCCCCCCCCCCCCCCCC(=O)NC(COC1OC(CO)C(OC2OC(CO)C(O)C(O)C2O)C(O)C1O)C(O)/C=C/CC/C=C/CC/C=C/CCCCCCCC. The highest BCUT2D eigenvalue weighted by Crippen LogP contribution is 2.30. The van der Waals surface area contributed by atoms with Gasteiger partial charge < -0.3 is 65.1 Å². The number of ether oxygens (including phenoxy) is 4. The van der Waals surface area contributed by atoms with Crippen molar-refractivity contribution in [1.82, 2.24) is 5.32 Å². The Morgan fingerprint density at radius 3 is 1.35 bits per heavy atom. The average Bonchev–Trinajstić information content (AvgIpc) is 3.43. The van der Waals surface area contributed by atoms with Gasteiger partial charge in [-0.3, -0.25) is 4.79 Å². The molecule has 14 nitrogen and oxygen atoms in total. The fourth-order valence-electron chi connectivity index (χ4n) is 9.88. The molecule has 14 heteroatoms. The minimum atomic E-state index is -1.79. The Bertz CT molecular complexity index is 1520. The lowest BCUT2D eigenvalue weighted by molar-refractivity contribution is -0.359. The number of hydrogen-bond acceptors (Lipinski definition) is 13. The van der Waals surface area contributed by atoms with Crippen LogP contribution in [0, 0.1) is 0 Å². The van der Waals surface area contributed by atoms with Gasteiger partial charge in [0.2, 0.25) is 5.91 Å². The Labute approximate surface area is 466 Å². The normalized spacial score (nSPS) is 25.1. The first-order chi connectivity index (χ1) is 37.6. The maximum Gasteiger partial charge on any atom is 0.220 e. The topological polar surface area (TPSA) is 228 Å². The molecule has 0 bridgehead atoms. The van der Waals surface area contributed by atoms with Gasteiger partial charge in [0, 0.05) is 6.42 Å². The van der Waals surface area contributed by atoms with Gasteiger partial charge in [0.05, 0.1) is 32.0 Å². The predicted molar refractivity (Wildman–Crippen MR) is 309 cm³/mol. The molecule has 0 saturated carbocycles. The van der Waals surface area contributed by atoms with E-state index in [9.17, 15) is 45.6 Å². The standard InChI is InChI=1S/C63H113NO13/c1-3-5-7-9-11-13-15-17-19-21-22-23-24-25-26-27-28-29-30-31-33-35-37-39-41-43-45-47-55(68)64-51(52(67)46-44-42-40-38-36-34-32-20-18-16-14-12-10-8-6-4-2)50-74-62-60(73)58(71)61(54(49-66)76-62)77-63-59(72)57(70)56(69)53(48-65)75-63/h15,17-18,20-22,36,38,44,46,51-54,56-63,65-67,69-73H,3-14,16,19,23-35,37,39-43,45,47-50H2,1-2H3,(H,64,68)/b17-15-,20-18+,22-21-,38-36+,46-44+. The molecule has 2 saturated heterocycles. The third kappa shape index (κ3) is 33.9. The number of allylic oxidation sites excluding steroid dienone is 9. The van der Waals surface area contributed by atoms with Gasteiger partial charge in [0.15, 0.2) is 12.6 Å². The molecule has 2 rings (SSSR count). The van der Waals surface area contributed by atoms with Gasteiger partial charge in [-0.15, -0.1) is 0 Å². The maximum atomic E-state index is 13.3. The molecule has 448 valence electrons. The van der Waals surface area contributed by atoms with E-state index in [-0.39, 0.29) is 18.9 Å². The summed E-state index contributed by atoms with van der Waals surface area (Å²) in [6, 6.07) is -0.939. The van der Waals surface area contributed by atoms with Crippen LogP contribution >= 0.6 is 0 Å². The van der Waals surface area contributed by atoms with E-state index in [0.717, 1.165) is 51.4 Å². The van der Waals surface area contributed by atoms with E-state index < -0.39 is 86.8 Å². The molecule has 2 aliphatic rings. The highest BCUT2D eigenvalue weighted by Gasteiger charge is 2.51. The van der Waals surface area contributed by atoms with Crippen molar-refractivity contribution < 1.29 is 64.6 Å². The quantitative estimate of drug-likeness (QED) is 0.0204. The fraction of sp³-hybridized carbons (Fsp3) is 0.825. The van der Waals surface area contributed by atoms with Crippen LogP contribution in [0.1, 0.15) is 239 Å². The van der Waals surface area contributed by atoms with E-state index >= 15 is 0 Å². The number of amides is 1. The molecule has 12 atom stereocenters. The van der Waals surface area contributed by atoms with Crippen LogP contribution in [0.5, 0.6) is 0 Å². The second kappa shape index (κ2) is 48.4. The molecule has 0 aliphatic carbocycles. The molecule has 9 N–H and O–H groups in total. The van der Waals surface area contributed by atoms with Crippen LogP contribution in [0.4, 0.5) is 0 Å². The van der Waals surface area contributed by atoms with E-state index in [1.807, 2.05) is 6.08 Å². The smallest absolute Gasteiger partial charge is 0.220 e. The fourth-order valence-corrected chi connectivity index (χ4v) is 9.88. The molecule has 0 radical (unpaired) electrons. The van der Waals surface area contributed by atoms with Gasteiger partial charge in [0.25, 0.3) is 0 Å². The van der Waals surface area contributed by atoms with Crippen molar-refractivity contribution in [1.29, 1.82) is 0 Å². The highest BCUT2D eigenvalue weighted by atomic mass is 16.7. The second-order valence-corrected chi connectivity index (χ2v) is 21.8. The molecule has 2 aliphatic heterocycles. The van der Waals surface area contributed by atoms with E-state index in [1.54, 1.807) is 6.08 Å². The minimum absolute atomic E-state index is 0.254. The molecule has 0 aromatic rings. The van der Waals surface area contributed by atoms with Crippen molar-refractivity contribution in [2.75, 3.05) is 19.8 Å². The van der Waals surface area contributed by atoms with Gasteiger partial charge in [-0.25, -0.2) is 0 Å². The zero-order chi connectivity index (χ0) is 56.0. The third-order valence-electron chi connectivity index (χ3n) is 14.9. The van der Waals surface area contributed by atoms with Crippen molar-refractivity contribution in [3.8, 4) is 0 Å². The number of nitrogens with one attached hydrogen (secondary N) is 1. The number of rotatable bonds is 49. The number of carbonyl (C=O) groups is 1. The van der Waals surface area contributed by atoms with Gasteiger partial charge in [0.1, 0.15) is 48.8 Å². The van der Waals surface area contributed by atoms with Crippen molar-refractivity contribution in [3.05, 3.63) is 60.8 Å². The molecule has 77 heavy (non-hydrogen) atoms. The zero-order valence-electron chi connectivity index (χ0n) is 48.2. The van der Waals surface area contributed by atoms with Crippen LogP contribution in [-0.4, -0.2) is 140 Å². The maximum absolute atomic E-state index is 13.3. The van der Waals surface area contributed by atoms with Crippen molar-refractivity contribution in [2.45, 2.75) is 312 Å². The first kappa shape index (κ1) is 70.8. The van der Waals surface area contributed by atoms with Crippen LogP contribution in [0.15, 0.2) is 60.8 Å². The third-order valence-corrected chi connectivity index (χ3v) is 14.9. The Balaban J connectivity index is 1.73. The zero-order valence-corrected chi connectivity index (χ0v) is 48.2. The number of carbonyl (C=O) groups excluding carboxylic acids is 1. The summed E-state index contributed by atoms with van der Waals surface area (Å²) >= 11 is 0. The predicted octanol–water partition coefficient (Wildman–Crippen LogP) is 10.9. The molecular formula is C63H113NO13. The molecule has 0 spiro atoms. The molecule has 0 aromatic carbocycles. The first-order valence-corrected chi connectivity index (χ1v) is 31.0. The van der Waals surface area contributed by atoms with Crippen LogP contribution in [-0.2, 0) is 23.7 Å². The summed E-state index contributed by atoms with van der Waals surface area (Å²) in [4.78, 5) is 13.3. The van der Waals surface area contributed by atoms with E-state index in [0.29, 0.717) is 12.8 Å². The molecule has 2 heterocycles. The summed E-state index contributed by atoms with van der Waals surface area (Å²) in [5.41, 5.74) is 0. The lowest BCUT2D eigenvalue weighted by Crippen LogP contribution is -2.65. The molecule has 1 amide bonds. The van der Waals surface area contributed by atoms with Crippen LogP contribution in [0.2, 0.25) is 0 Å². The summed E-state index contributed by atoms with van der Waals surface area (Å²) in [5, 5.41) is 87.1. The Hall–Kier alpha value is -2.31. The first-order valence-electron chi connectivity index (χ1n) is 31.0.